The first-order chi connectivity index (χ1) is 6.02. The molecule has 0 saturated heterocycles. The Morgan fingerprint density at radius 2 is 1.60 bits per heavy atom. The molecule has 15 heavy (non-hydrogen) atoms. The Hall–Kier alpha value is -1.33. The van der Waals surface area contributed by atoms with E-state index in [1.165, 1.54) is 0 Å². The van der Waals surface area contributed by atoms with E-state index in [0.29, 0.717) is 6.07 Å². The van der Waals surface area contributed by atoms with E-state index < -0.39 is 23.3 Å². The quantitative estimate of drug-likeness (QED) is 0.850. The van der Waals surface area contributed by atoms with Gasteiger partial charge in [0.05, 0.1) is 11.1 Å². The largest absolute Gasteiger partial charge is 0.478 e. The zero-order valence-corrected chi connectivity index (χ0v) is 8.77. The van der Waals surface area contributed by atoms with Gasteiger partial charge in [-0.2, -0.15) is 0 Å². The zero-order chi connectivity index (χ0) is 10.0. The van der Waals surface area contributed by atoms with Gasteiger partial charge in [-0.15, -0.1) is 24.8 Å². The van der Waals surface area contributed by atoms with Crippen LogP contribution in [0.1, 0.15) is 20.7 Å². The highest BCUT2D eigenvalue weighted by Gasteiger charge is 2.12. The van der Waals surface area contributed by atoms with Gasteiger partial charge in [0.25, 0.3) is 0 Å². The van der Waals surface area contributed by atoms with E-state index in [0.717, 1.165) is 12.1 Å². The molecule has 0 aliphatic heterocycles. The SMILES string of the molecule is Cl.Cl.O=C(O)c1ccc(C(=O)O)c(F)c1. The highest BCUT2D eigenvalue weighted by Crippen LogP contribution is 2.10. The third kappa shape index (κ3) is 3.73. The summed E-state index contributed by atoms with van der Waals surface area (Å²) in [5.74, 6) is -3.77. The Bertz CT molecular complexity index is 381. The minimum atomic E-state index is -1.42. The van der Waals surface area contributed by atoms with Crippen molar-refractivity contribution in [1.82, 2.24) is 0 Å². The minimum absolute atomic E-state index is 0. The van der Waals surface area contributed by atoms with E-state index in [1.807, 2.05) is 0 Å². The molecule has 0 aromatic heterocycles. The van der Waals surface area contributed by atoms with Gasteiger partial charge in [0.15, 0.2) is 0 Å². The van der Waals surface area contributed by atoms with Gasteiger partial charge in [0.1, 0.15) is 5.82 Å². The van der Waals surface area contributed by atoms with Crippen molar-refractivity contribution in [3.8, 4) is 0 Å². The van der Waals surface area contributed by atoms with Gasteiger partial charge in [-0.1, -0.05) is 0 Å². The van der Waals surface area contributed by atoms with Crippen LogP contribution in [0.2, 0.25) is 0 Å². The number of benzene rings is 1. The number of hydrogen-bond donors (Lipinski definition) is 2. The number of carbonyl (C=O) groups is 2. The molecule has 4 nitrogen and oxygen atoms in total. The van der Waals surface area contributed by atoms with Crippen LogP contribution in [0.5, 0.6) is 0 Å². The summed E-state index contributed by atoms with van der Waals surface area (Å²) in [6.07, 6.45) is 0. The molecule has 2 N–H and O–H groups in total. The van der Waals surface area contributed by atoms with Gasteiger partial charge >= 0.3 is 11.9 Å². The Kier molecular flexibility index (Phi) is 6.67. The standard InChI is InChI=1S/C8H5FO4.2ClH/c9-6-3-4(7(10)11)1-2-5(6)8(12)13;;/h1-3H,(H,10,11)(H,12,13);2*1H. The fourth-order valence-corrected chi connectivity index (χ4v) is 0.822. The van der Waals surface area contributed by atoms with E-state index >= 15 is 0 Å². The predicted molar refractivity (Wildman–Crippen MR) is 54.8 cm³/mol. The molecule has 0 aliphatic carbocycles. The number of hydrogen-bond acceptors (Lipinski definition) is 2. The van der Waals surface area contributed by atoms with Crippen molar-refractivity contribution in [3.63, 3.8) is 0 Å². The number of aromatic carboxylic acids is 2. The molecule has 0 unspecified atom stereocenters. The van der Waals surface area contributed by atoms with Crippen LogP contribution in [0, 0.1) is 5.82 Å². The summed E-state index contributed by atoms with van der Waals surface area (Å²) in [7, 11) is 0. The van der Waals surface area contributed by atoms with E-state index in [4.69, 9.17) is 10.2 Å². The molecule has 0 saturated carbocycles. The molecular formula is C8H7Cl2FO4. The van der Waals surface area contributed by atoms with Crippen LogP contribution in [0.3, 0.4) is 0 Å². The molecule has 1 aromatic rings. The number of carboxylic acids is 2. The molecule has 0 aliphatic rings. The average molecular weight is 257 g/mol. The van der Waals surface area contributed by atoms with Crippen molar-refractivity contribution in [2.45, 2.75) is 0 Å². The van der Waals surface area contributed by atoms with Crippen molar-refractivity contribution in [3.05, 3.63) is 35.1 Å². The number of halogens is 3. The lowest BCUT2D eigenvalue weighted by Gasteiger charge is -1.98. The molecule has 0 bridgehead atoms. The summed E-state index contributed by atoms with van der Waals surface area (Å²) in [5, 5.41) is 16.8. The summed E-state index contributed by atoms with van der Waals surface area (Å²) in [6.45, 7) is 0. The van der Waals surface area contributed by atoms with Crippen LogP contribution in [0.4, 0.5) is 4.39 Å². The molecule has 0 spiro atoms. The van der Waals surface area contributed by atoms with Gasteiger partial charge < -0.3 is 10.2 Å². The third-order valence-corrected chi connectivity index (χ3v) is 1.45. The smallest absolute Gasteiger partial charge is 0.338 e. The maximum absolute atomic E-state index is 12.8. The highest BCUT2D eigenvalue weighted by molar-refractivity contribution is 5.91. The fraction of sp³-hybridized carbons (Fsp3) is 0. The maximum atomic E-state index is 12.8. The first kappa shape index (κ1) is 16.1. The van der Waals surface area contributed by atoms with E-state index in [1.54, 1.807) is 0 Å². The van der Waals surface area contributed by atoms with Crippen molar-refractivity contribution in [1.29, 1.82) is 0 Å². The van der Waals surface area contributed by atoms with Crippen molar-refractivity contribution in [2.75, 3.05) is 0 Å². The first-order valence-corrected chi connectivity index (χ1v) is 3.28. The lowest BCUT2D eigenvalue weighted by molar-refractivity contribution is 0.0676. The molecule has 0 radical (unpaired) electrons. The molecule has 84 valence electrons. The molecule has 1 aromatic carbocycles. The monoisotopic (exact) mass is 256 g/mol. The lowest BCUT2D eigenvalue weighted by Crippen LogP contribution is -2.03. The lowest BCUT2D eigenvalue weighted by atomic mass is 10.1. The summed E-state index contributed by atoms with van der Waals surface area (Å²) in [6, 6.07) is 2.63. The predicted octanol–water partition coefficient (Wildman–Crippen LogP) is 2.07. The van der Waals surface area contributed by atoms with Crippen LogP contribution in [0.15, 0.2) is 18.2 Å². The van der Waals surface area contributed by atoms with Crippen molar-refractivity contribution < 1.29 is 24.2 Å². The molecule has 7 heteroatoms. The average Bonchev–Trinajstić information content (AvgIpc) is 2.03. The van der Waals surface area contributed by atoms with E-state index in [-0.39, 0.29) is 30.4 Å². The minimum Gasteiger partial charge on any atom is -0.478 e. The molecule has 0 fully saturated rings. The van der Waals surface area contributed by atoms with Gasteiger partial charge in [-0.25, -0.2) is 14.0 Å². The number of carboxylic acid groups (broad SMARTS) is 2. The molecule has 1 rings (SSSR count). The fourth-order valence-electron chi connectivity index (χ4n) is 0.822. The summed E-state index contributed by atoms with van der Waals surface area (Å²) < 4.78 is 12.8. The van der Waals surface area contributed by atoms with Gasteiger partial charge in [-0.05, 0) is 18.2 Å². The zero-order valence-electron chi connectivity index (χ0n) is 7.14. The van der Waals surface area contributed by atoms with Gasteiger partial charge in [0, 0.05) is 0 Å². The van der Waals surface area contributed by atoms with Crippen LogP contribution >= 0.6 is 24.8 Å². The maximum Gasteiger partial charge on any atom is 0.338 e. The second kappa shape index (κ2) is 6.21. The third-order valence-electron chi connectivity index (χ3n) is 1.45. The van der Waals surface area contributed by atoms with Crippen LogP contribution < -0.4 is 0 Å². The van der Waals surface area contributed by atoms with Gasteiger partial charge in [-0.3, -0.25) is 0 Å². The highest BCUT2D eigenvalue weighted by atomic mass is 35.5. The molecule has 0 amide bonds. The van der Waals surface area contributed by atoms with Crippen molar-refractivity contribution in [2.24, 2.45) is 0 Å². The summed E-state index contributed by atoms with van der Waals surface area (Å²) in [5.41, 5.74) is -0.812. The Morgan fingerprint density at radius 3 is 1.93 bits per heavy atom. The summed E-state index contributed by atoms with van der Waals surface area (Å²) >= 11 is 0. The Balaban J connectivity index is 0. The van der Waals surface area contributed by atoms with Gasteiger partial charge in [0.2, 0.25) is 0 Å². The second-order valence-electron chi connectivity index (χ2n) is 2.30. The Morgan fingerprint density at radius 1 is 1.07 bits per heavy atom. The van der Waals surface area contributed by atoms with Crippen LogP contribution in [0.25, 0.3) is 0 Å². The van der Waals surface area contributed by atoms with Crippen LogP contribution in [-0.2, 0) is 0 Å². The van der Waals surface area contributed by atoms with Crippen LogP contribution in [-0.4, -0.2) is 22.2 Å². The van der Waals surface area contributed by atoms with Crippen molar-refractivity contribution >= 4 is 36.8 Å². The topological polar surface area (TPSA) is 74.6 Å². The first-order valence-electron chi connectivity index (χ1n) is 3.28. The Labute approximate surface area is 96.5 Å². The second-order valence-corrected chi connectivity index (χ2v) is 2.30. The summed E-state index contributed by atoms with van der Waals surface area (Å²) in [4.78, 5) is 20.6. The normalized spacial score (nSPS) is 8.33. The van der Waals surface area contributed by atoms with E-state index in [9.17, 15) is 14.0 Å². The molecule has 0 atom stereocenters. The molecule has 0 heterocycles. The number of rotatable bonds is 2. The molecular weight excluding hydrogens is 250 g/mol. The van der Waals surface area contributed by atoms with E-state index in [2.05, 4.69) is 0 Å².